The summed E-state index contributed by atoms with van der Waals surface area (Å²) in [5.74, 6) is -0.869. The van der Waals surface area contributed by atoms with E-state index in [0.717, 1.165) is 5.56 Å². The van der Waals surface area contributed by atoms with Crippen LogP contribution in [-0.2, 0) is 4.79 Å². The van der Waals surface area contributed by atoms with Gasteiger partial charge >= 0.3 is 6.09 Å². The highest BCUT2D eigenvalue weighted by Gasteiger charge is 2.35. The van der Waals surface area contributed by atoms with Crippen molar-refractivity contribution in [3.8, 4) is 0 Å². The first-order chi connectivity index (χ1) is 8.59. The van der Waals surface area contributed by atoms with Gasteiger partial charge in [0.05, 0.1) is 5.92 Å². The minimum Gasteiger partial charge on any atom is -0.465 e. The smallest absolute Gasteiger partial charge is 0.407 e. The molecule has 1 aliphatic rings. The Kier molecular flexibility index (Phi) is 3.50. The zero-order valence-electron chi connectivity index (χ0n) is 9.95. The van der Waals surface area contributed by atoms with Crippen LogP contribution in [0.15, 0.2) is 30.3 Å². The van der Waals surface area contributed by atoms with Crippen LogP contribution >= 0.6 is 0 Å². The molecule has 1 aliphatic heterocycles. The number of nitrogens with two attached hydrogens (primary N) is 1. The molecule has 96 valence electrons. The van der Waals surface area contributed by atoms with Gasteiger partial charge in [0, 0.05) is 13.1 Å². The molecule has 1 aromatic carbocycles. The topological polar surface area (TPSA) is 83.6 Å². The van der Waals surface area contributed by atoms with Crippen LogP contribution in [0.3, 0.4) is 0 Å². The van der Waals surface area contributed by atoms with Gasteiger partial charge in [0.2, 0.25) is 5.91 Å². The van der Waals surface area contributed by atoms with Gasteiger partial charge in [-0.2, -0.15) is 0 Å². The van der Waals surface area contributed by atoms with Crippen LogP contribution < -0.4 is 5.73 Å². The van der Waals surface area contributed by atoms with Crippen molar-refractivity contribution >= 4 is 12.0 Å². The van der Waals surface area contributed by atoms with E-state index < -0.39 is 17.9 Å². The molecular weight excluding hydrogens is 232 g/mol. The minimum atomic E-state index is -0.993. The molecule has 0 saturated carbocycles. The van der Waals surface area contributed by atoms with Crippen molar-refractivity contribution in [2.75, 3.05) is 13.1 Å². The standard InChI is InChI=1S/C13H16N2O3/c14-12(16)11-8-15(13(17)18)7-6-10(11)9-4-2-1-3-5-9/h1-5,10-11H,6-8H2,(H2,14,16)(H,17,18)/t10-,11-/m0/s1. The second-order valence-corrected chi connectivity index (χ2v) is 4.54. The largest absolute Gasteiger partial charge is 0.465 e. The van der Waals surface area contributed by atoms with Crippen molar-refractivity contribution in [1.29, 1.82) is 0 Å². The Hall–Kier alpha value is -2.04. The molecule has 5 nitrogen and oxygen atoms in total. The van der Waals surface area contributed by atoms with Crippen LogP contribution in [0.1, 0.15) is 17.9 Å². The Morgan fingerprint density at radius 2 is 1.94 bits per heavy atom. The summed E-state index contributed by atoms with van der Waals surface area (Å²) in [6, 6.07) is 9.65. The lowest BCUT2D eigenvalue weighted by molar-refractivity contribution is -0.123. The molecule has 0 spiro atoms. The van der Waals surface area contributed by atoms with E-state index in [2.05, 4.69) is 0 Å². The first kappa shape index (κ1) is 12.4. The quantitative estimate of drug-likeness (QED) is 0.826. The molecule has 0 bridgehead atoms. The Labute approximate surface area is 105 Å². The van der Waals surface area contributed by atoms with Gasteiger partial charge in [-0.1, -0.05) is 30.3 Å². The highest BCUT2D eigenvalue weighted by molar-refractivity contribution is 5.79. The van der Waals surface area contributed by atoms with Gasteiger partial charge < -0.3 is 15.7 Å². The molecule has 2 atom stereocenters. The number of rotatable bonds is 2. The van der Waals surface area contributed by atoms with E-state index in [9.17, 15) is 9.59 Å². The maximum atomic E-state index is 11.5. The lowest BCUT2D eigenvalue weighted by Gasteiger charge is -2.35. The van der Waals surface area contributed by atoms with Gasteiger partial charge in [-0.05, 0) is 17.9 Å². The van der Waals surface area contributed by atoms with E-state index in [1.165, 1.54) is 4.90 Å². The molecule has 1 aromatic rings. The van der Waals surface area contributed by atoms with E-state index >= 15 is 0 Å². The van der Waals surface area contributed by atoms with Gasteiger partial charge in [0.15, 0.2) is 0 Å². The van der Waals surface area contributed by atoms with Gasteiger partial charge in [-0.25, -0.2) is 4.79 Å². The summed E-state index contributed by atoms with van der Waals surface area (Å²) in [7, 11) is 0. The van der Waals surface area contributed by atoms with Crippen LogP contribution in [0.5, 0.6) is 0 Å². The van der Waals surface area contributed by atoms with Crippen molar-refractivity contribution < 1.29 is 14.7 Å². The molecule has 0 radical (unpaired) electrons. The third-order valence-electron chi connectivity index (χ3n) is 3.48. The molecule has 1 heterocycles. The molecule has 3 N–H and O–H groups in total. The van der Waals surface area contributed by atoms with Crippen molar-refractivity contribution in [1.82, 2.24) is 4.90 Å². The second-order valence-electron chi connectivity index (χ2n) is 4.54. The van der Waals surface area contributed by atoms with E-state index in [1.54, 1.807) is 0 Å². The average molecular weight is 248 g/mol. The number of benzene rings is 1. The zero-order valence-corrected chi connectivity index (χ0v) is 9.95. The summed E-state index contributed by atoms with van der Waals surface area (Å²) in [6.07, 6.45) is -0.364. The maximum absolute atomic E-state index is 11.5. The summed E-state index contributed by atoms with van der Waals surface area (Å²) in [5, 5.41) is 8.97. The number of amides is 2. The molecule has 0 aromatic heterocycles. The lowest BCUT2D eigenvalue weighted by Crippen LogP contribution is -2.47. The number of likely N-dealkylation sites (tertiary alicyclic amines) is 1. The molecule has 1 saturated heterocycles. The lowest BCUT2D eigenvalue weighted by atomic mass is 9.80. The molecular formula is C13H16N2O3. The highest BCUT2D eigenvalue weighted by Crippen LogP contribution is 2.32. The summed E-state index contributed by atoms with van der Waals surface area (Å²) in [6.45, 7) is 0.628. The third kappa shape index (κ3) is 2.45. The van der Waals surface area contributed by atoms with Gasteiger partial charge in [0.1, 0.15) is 0 Å². The van der Waals surface area contributed by atoms with Gasteiger partial charge in [-0.3, -0.25) is 4.79 Å². The summed E-state index contributed by atoms with van der Waals surface area (Å²) >= 11 is 0. The molecule has 5 heteroatoms. The number of hydrogen-bond acceptors (Lipinski definition) is 2. The Morgan fingerprint density at radius 3 is 2.50 bits per heavy atom. The van der Waals surface area contributed by atoms with Crippen molar-refractivity contribution in [2.24, 2.45) is 11.7 Å². The number of piperidine rings is 1. The Morgan fingerprint density at radius 1 is 1.28 bits per heavy atom. The fourth-order valence-corrected chi connectivity index (χ4v) is 2.51. The Balaban J connectivity index is 2.21. The number of carbonyl (C=O) groups excluding carboxylic acids is 1. The Bertz CT molecular complexity index is 447. The predicted molar refractivity (Wildman–Crippen MR) is 66.1 cm³/mol. The van der Waals surface area contributed by atoms with Crippen LogP contribution in [0.4, 0.5) is 4.79 Å². The second kappa shape index (κ2) is 5.08. The fourth-order valence-electron chi connectivity index (χ4n) is 2.51. The van der Waals surface area contributed by atoms with E-state index in [0.29, 0.717) is 13.0 Å². The summed E-state index contributed by atoms with van der Waals surface area (Å²) < 4.78 is 0. The SMILES string of the molecule is NC(=O)[C@H]1CN(C(=O)O)CC[C@H]1c1ccccc1. The molecule has 0 aliphatic carbocycles. The van der Waals surface area contributed by atoms with Crippen LogP contribution in [0, 0.1) is 5.92 Å². The molecule has 18 heavy (non-hydrogen) atoms. The van der Waals surface area contributed by atoms with E-state index in [1.807, 2.05) is 30.3 Å². The van der Waals surface area contributed by atoms with Crippen LogP contribution in [-0.4, -0.2) is 35.1 Å². The number of carbonyl (C=O) groups is 2. The molecule has 2 rings (SSSR count). The zero-order chi connectivity index (χ0) is 13.1. The first-order valence-corrected chi connectivity index (χ1v) is 5.91. The number of primary amides is 1. The molecule has 1 fully saturated rings. The third-order valence-corrected chi connectivity index (χ3v) is 3.48. The van der Waals surface area contributed by atoms with Crippen LogP contribution in [0.2, 0.25) is 0 Å². The number of carboxylic acid groups (broad SMARTS) is 1. The number of hydrogen-bond donors (Lipinski definition) is 2. The highest BCUT2D eigenvalue weighted by atomic mass is 16.4. The van der Waals surface area contributed by atoms with E-state index in [4.69, 9.17) is 10.8 Å². The average Bonchev–Trinajstić information content (AvgIpc) is 2.39. The van der Waals surface area contributed by atoms with Crippen molar-refractivity contribution in [3.05, 3.63) is 35.9 Å². The molecule has 0 unspecified atom stereocenters. The minimum absolute atomic E-state index is 0.0132. The van der Waals surface area contributed by atoms with Crippen molar-refractivity contribution in [2.45, 2.75) is 12.3 Å². The fraction of sp³-hybridized carbons (Fsp3) is 0.385. The summed E-state index contributed by atoms with van der Waals surface area (Å²) in [4.78, 5) is 23.7. The maximum Gasteiger partial charge on any atom is 0.407 e. The first-order valence-electron chi connectivity index (χ1n) is 5.91. The summed E-state index contributed by atoms with van der Waals surface area (Å²) in [5.41, 5.74) is 6.45. The van der Waals surface area contributed by atoms with Gasteiger partial charge in [0.25, 0.3) is 0 Å². The predicted octanol–water partition coefficient (Wildman–Crippen LogP) is 1.26. The van der Waals surface area contributed by atoms with Crippen LogP contribution in [0.25, 0.3) is 0 Å². The monoisotopic (exact) mass is 248 g/mol. The normalized spacial score (nSPS) is 23.7. The van der Waals surface area contributed by atoms with E-state index in [-0.39, 0.29) is 12.5 Å². The number of nitrogens with zero attached hydrogens (tertiary/aromatic N) is 1. The molecule has 2 amide bonds. The van der Waals surface area contributed by atoms with Crippen molar-refractivity contribution in [3.63, 3.8) is 0 Å². The van der Waals surface area contributed by atoms with Gasteiger partial charge in [-0.15, -0.1) is 0 Å².